The lowest BCUT2D eigenvalue weighted by molar-refractivity contribution is 0.318. The van der Waals surface area contributed by atoms with Crippen molar-refractivity contribution in [2.45, 2.75) is 20.3 Å². The molecule has 2 unspecified atom stereocenters. The molecule has 2 atom stereocenters. The van der Waals surface area contributed by atoms with Crippen molar-refractivity contribution in [1.29, 1.82) is 0 Å². The smallest absolute Gasteiger partial charge is 0.188 e. The maximum absolute atomic E-state index is 8.68. The first-order valence-corrected chi connectivity index (χ1v) is 6.29. The monoisotopic (exact) mass is 248 g/mol. The molecular formula is C13H20N4O. The molecule has 2 rings (SSSR count). The van der Waals surface area contributed by atoms with Gasteiger partial charge in [0.25, 0.3) is 0 Å². The Morgan fingerprint density at radius 3 is 2.72 bits per heavy atom. The van der Waals surface area contributed by atoms with Crippen LogP contribution in [0.3, 0.4) is 0 Å². The van der Waals surface area contributed by atoms with Gasteiger partial charge in [0.1, 0.15) is 5.69 Å². The van der Waals surface area contributed by atoms with E-state index in [0.717, 1.165) is 18.8 Å². The van der Waals surface area contributed by atoms with E-state index in [0.29, 0.717) is 17.5 Å². The molecule has 2 heterocycles. The molecule has 0 spiro atoms. The molecule has 1 fully saturated rings. The molecule has 5 heteroatoms. The quantitative estimate of drug-likeness (QED) is 0.361. The summed E-state index contributed by atoms with van der Waals surface area (Å²) in [5.41, 5.74) is 7.17. The summed E-state index contributed by atoms with van der Waals surface area (Å²) in [6, 6.07) is 3.85. The second kappa shape index (κ2) is 5.25. The lowest BCUT2D eigenvalue weighted by atomic mass is 9.91. The number of anilines is 1. The van der Waals surface area contributed by atoms with Crippen molar-refractivity contribution >= 4 is 11.5 Å². The number of hydrogen-bond donors (Lipinski definition) is 2. The number of nitrogens with two attached hydrogens (primary N) is 1. The molecule has 0 aromatic carbocycles. The Kier molecular flexibility index (Phi) is 3.69. The Labute approximate surface area is 107 Å². The summed E-state index contributed by atoms with van der Waals surface area (Å²) in [7, 11) is 0. The Morgan fingerprint density at radius 2 is 2.11 bits per heavy atom. The van der Waals surface area contributed by atoms with Crippen LogP contribution in [-0.4, -0.2) is 29.1 Å². The maximum Gasteiger partial charge on any atom is 0.188 e. The molecule has 1 aromatic rings. The van der Waals surface area contributed by atoms with Crippen molar-refractivity contribution in [3.8, 4) is 0 Å². The summed E-state index contributed by atoms with van der Waals surface area (Å²) in [6.07, 6.45) is 2.97. The number of hydrogen-bond acceptors (Lipinski definition) is 4. The van der Waals surface area contributed by atoms with Crippen LogP contribution >= 0.6 is 0 Å². The van der Waals surface area contributed by atoms with E-state index in [1.165, 1.54) is 6.42 Å². The number of piperidine rings is 1. The zero-order valence-corrected chi connectivity index (χ0v) is 10.9. The van der Waals surface area contributed by atoms with Gasteiger partial charge in [-0.2, -0.15) is 0 Å². The predicted molar refractivity (Wildman–Crippen MR) is 71.9 cm³/mol. The van der Waals surface area contributed by atoms with Crippen LogP contribution in [0.1, 0.15) is 26.0 Å². The van der Waals surface area contributed by atoms with E-state index in [2.05, 4.69) is 28.9 Å². The Morgan fingerprint density at radius 1 is 1.44 bits per heavy atom. The Bertz CT molecular complexity index is 436. The topological polar surface area (TPSA) is 74.7 Å². The van der Waals surface area contributed by atoms with Crippen LogP contribution in [-0.2, 0) is 0 Å². The molecule has 98 valence electrons. The van der Waals surface area contributed by atoms with Gasteiger partial charge in [-0.15, -0.1) is 0 Å². The van der Waals surface area contributed by atoms with Crippen molar-refractivity contribution in [2.24, 2.45) is 22.7 Å². The molecule has 1 saturated heterocycles. The second-order valence-corrected chi connectivity index (χ2v) is 5.24. The predicted octanol–water partition coefficient (Wildman–Crippen LogP) is 1.66. The minimum absolute atomic E-state index is 0.0509. The SMILES string of the molecule is CC1CC(C)CN(c2ccnc(C(N)=NO)c2)C1. The first kappa shape index (κ1) is 12.7. The van der Waals surface area contributed by atoms with Crippen molar-refractivity contribution in [1.82, 2.24) is 4.98 Å². The van der Waals surface area contributed by atoms with E-state index in [4.69, 9.17) is 10.9 Å². The molecule has 5 nitrogen and oxygen atoms in total. The standard InChI is InChI=1S/C13H20N4O/c1-9-5-10(2)8-17(7-9)11-3-4-15-12(6-11)13(14)16-18/h3-4,6,9-10,18H,5,7-8H2,1-2H3,(H2,14,16). The minimum Gasteiger partial charge on any atom is -0.409 e. The summed E-state index contributed by atoms with van der Waals surface area (Å²) in [6.45, 7) is 6.64. The average Bonchev–Trinajstić information content (AvgIpc) is 2.37. The molecule has 0 bridgehead atoms. The van der Waals surface area contributed by atoms with Crippen LogP contribution in [0.15, 0.2) is 23.5 Å². The summed E-state index contributed by atoms with van der Waals surface area (Å²) >= 11 is 0. The van der Waals surface area contributed by atoms with Gasteiger partial charge in [-0.05, 0) is 30.4 Å². The van der Waals surface area contributed by atoms with Crippen LogP contribution in [0.5, 0.6) is 0 Å². The van der Waals surface area contributed by atoms with Crippen LogP contribution in [0.2, 0.25) is 0 Å². The summed E-state index contributed by atoms with van der Waals surface area (Å²) < 4.78 is 0. The molecular weight excluding hydrogens is 228 g/mol. The first-order valence-electron chi connectivity index (χ1n) is 6.29. The van der Waals surface area contributed by atoms with Gasteiger partial charge in [0, 0.05) is 25.0 Å². The number of nitrogens with zero attached hydrogens (tertiary/aromatic N) is 3. The fourth-order valence-corrected chi connectivity index (χ4v) is 2.68. The highest BCUT2D eigenvalue weighted by Crippen LogP contribution is 2.26. The van der Waals surface area contributed by atoms with Crippen molar-refractivity contribution in [3.05, 3.63) is 24.0 Å². The van der Waals surface area contributed by atoms with Gasteiger partial charge in [0.2, 0.25) is 0 Å². The highest BCUT2D eigenvalue weighted by molar-refractivity contribution is 5.95. The van der Waals surface area contributed by atoms with Crippen molar-refractivity contribution in [3.63, 3.8) is 0 Å². The molecule has 1 aliphatic rings. The van der Waals surface area contributed by atoms with Crippen LogP contribution in [0.25, 0.3) is 0 Å². The molecule has 1 aliphatic heterocycles. The third-order valence-electron chi connectivity index (χ3n) is 3.35. The molecule has 3 N–H and O–H groups in total. The fourth-order valence-electron chi connectivity index (χ4n) is 2.68. The van der Waals surface area contributed by atoms with Crippen LogP contribution in [0, 0.1) is 11.8 Å². The van der Waals surface area contributed by atoms with E-state index in [9.17, 15) is 0 Å². The first-order chi connectivity index (χ1) is 8.60. The Balaban J connectivity index is 2.22. The minimum atomic E-state index is 0.0509. The number of pyridine rings is 1. The molecule has 0 radical (unpaired) electrons. The largest absolute Gasteiger partial charge is 0.409 e. The maximum atomic E-state index is 8.68. The lowest BCUT2D eigenvalue weighted by Crippen LogP contribution is -2.38. The van der Waals surface area contributed by atoms with Gasteiger partial charge >= 0.3 is 0 Å². The van der Waals surface area contributed by atoms with Gasteiger partial charge < -0.3 is 15.8 Å². The van der Waals surface area contributed by atoms with Gasteiger partial charge in [0.05, 0.1) is 0 Å². The highest BCUT2D eigenvalue weighted by atomic mass is 16.4. The van der Waals surface area contributed by atoms with E-state index in [1.54, 1.807) is 6.20 Å². The second-order valence-electron chi connectivity index (χ2n) is 5.24. The molecule has 1 aromatic heterocycles. The van der Waals surface area contributed by atoms with E-state index < -0.39 is 0 Å². The molecule has 0 aliphatic carbocycles. The van der Waals surface area contributed by atoms with Gasteiger partial charge in [0.15, 0.2) is 5.84 Å². The van der Waals surface area contributed by atoms with Crippen LogP contribution in [0.4, 0.5) is 5.69 Å². The van der Waals surface area contributed by atoms with E-state index >= 15 is 0 Å². The average molecular weight is 248 g/mol. The van der Waals surface area contributed by atoms with Gasteiger partial charge in [-0.3, -0.25) is 4.98 Å². The normalized spacial score (nSPS) is 25.2. The highest BCUT2D eigenvalue weighted by Gasteiger charge is 2.22. The summed E-state index contributed by atoms with van der Waals surface area (Å²) in [5, 5.41) is 11.7. The fraction of sp³-hybridized carbons (Fsp3) is 0.538. The van der Waals surface area contributed by atoms with Gasteiger partial charge in [-0.25, -0.2) is 0 Å². The van der Waals surface area contributed by atoms with E-state index in [-0.39, 0.29) is 5.84 Å². The summed E-state index contributed by atoms with van der Waals surface area (Å²) in [4.78, 5) is 6.44. The third kappa shape index (κ3) is 2.72. The Hall–Kier alpha value is -1.78. The molecule has 0 amide bonds. The zero-order valence-electron chi connectivity index (χ0n) is 10.9. The molecule has 18 heavy (non-hydrogen) atoms. The number of amidine groups is 1. The number of aromatic nitrogens is 1. The number of rotatable bonds is 2. The van der Waals surface area contributed by atoms with Crippen LogP contribution < -0.4 is 10.6 Å². The lowest BCUT2D eigenvalue weighted by Gasteiger charge is -2.36. The zero-order chi connectivity index (χ0) is 13.1. The van der Waals surface area contributed by atoms with Crippen molar-refractivity contribution in [2.75, 3.05) is 18.0 Å². The molecule has 0 saturated carbocycles. The van der Waals surface area contributed by atoms with Crippen molar-refractivity contribution < 1.29 is 5.21 Å². The van der Waals surface area contributed by atoms with Gasteiger partial charge in [-0.1, -0.05) is 19.0 Å². The summed E-state index contributed by atoms with van der Waals surface area (Å²) in [5.74, 6) is 1.43. The van der Waals surface area contributed by atoms with E-state index in [1.807, 2.05) is 12.1 Å². The third-order valence-corrected chi connectivity index (χ3v) is 3.35. The number of oxime groups is 1.